The molecular formula is C9H13Cl2N3O2. The van der Waals surface area contributed by atoms with Gasteiger partial charge in [0.1, 0.15) is 12.6 Å². The number of pyridine rings is 1. The number of halogens is 2. The van der Waals surface area contributed by atoms with E-state index >= 15 is 0 Å². The SMILES string of the molecule is CN1C(=O)[C@@H](N)COc2cccnc21.Cl.Cl. The topological polar surface area (TPSA) is 68.5 Å². The summed E-state index contributed by atoms with van der Waals surface area (Å²) < 4.78 is 5.35. The summed E-state index contributed by atoms with van der Waals surface area (Å²) >= 11 is 0. The Kier molecular flexibility index (Phi) is 5.50. The van der Waals surface area contributed by atoms with Gasteiger partial charge in [-0.3, -0.25) is 9.69 Å². The van der Waals surface area contributed by atoms with Crippen LogP contribution in [0.25, 0.3) is 0 Å². The number of carbonyl (C=O) groups is 1. The third kappa shape index (κ3) is 2.55. The van der Waals surface area contributed by atoms with E-state index in [9.17, 15) is 4.79 Å². The molecule has 90 valence electrons. The molecule has 5 nitrogen and oxygen atoms in total. The molecule has 2 rings (SSSR count). The number of nitrogens with zero attached hydrogens (tertiary/aromatic N) is 2. The first kappa shape index (κ1) is 15.0. The second kappa shape index (κ2) is 5.89. The molecule has 16 heavy (non-hydrogen) atoms. The normalized spacial score (nSPS) is 18.5. The maximum Gasteiger partial charge on any atom is 0.248 e. The third-order valence-corrected chi connectivity index (χ3v) is 2.13. The number of anilines is 1. The minimum atomic E-state index is -0.616. The molecule has 2 heterocycles. The number of rotatable bonds is 0. The molecule has 0 aliphatic carbocycles. The highest BCUT2D eigenvalue weighted by atomic mass is 35.5. The van der Waals surface area contributed by atoms with E-state index < -0.39 is 6.04 Å². The van der Waals surface area contributed by atoms with Gasteiger partial charge >= 0.3 is 0 Å². The van der Waals surface area contributed by atoms with Gasteiger partial charge in [-0.1, -0.05) is 0 Å². The fourth-order valence-electron chi connectivity index (χ4n) is 1.35. The van der Waals surface area contributed by atoms with Crippen molar-refractivity contribution in [2.45, 2.75) is 6.04 Å². The summed E-state index contributed by atoms with van der Waals surface area (Å²) in [4.78, 5) is 17.1. The van der Waals surface area contributed by atoms with Crippen molar-refractivity contribution < 1.29 is 9.53 Å². The number of ether oxygens (including phenoxy) is 1. The van der Waals surface area contributed by atoms with E-state index in [1.165, 1.54) is 4.90 Å². The Labute approximate surface area is 106 Å². The van der Waals surface area contributed by atoms with E-state index in [4.69, 9.17) is 10.5 Å². The van der Waals surface area contributed by atoms with E-state index in [2.05, 4.69) is 4.98 Å². The second-order valence-corrected chi connectivity index (χ2v) is 3.14. The average Bonchev–Trinajstić information content (AvgIpc) is 2.32. The zero-order valence-corrected chi connectivity index (χ0v) is 10.3. The third-order valence-electron chi connectivity index (χ3n) is 2.13. The van der Waals surface area contributed by atoms with Crippen LogP contribution in [0.5, 0.6) is 5.75 Å². The lowest BCUT2D eigenvalue weighted by Gasteiger charge is -2.15. The van der Waals surface area contributed by atoms with Gasteiger partial charge in [0, 0.05) is 13.2 Å². The molecule has 0 aromatic carbocycles. The minimum absolute atomic E-state index is 0. The van der Waals surface area contributed by atoms with Crippen molar-refractivity contribution in [3.05, 3.63) is 18.3 Å². The minimum Gasteiger partial charge on any atom is -0.488 e. The highest BCUT2D eigenvalue weighted by Gasteiger charge is 2.26. The van der Waals surface area contributed by atoms with Crippen molar-refractivity contribution in [3.8, 4) is 5.75 Å². The van der Waals surface area contributed by atoms with Gasteiger partial charge in [-0.25, -0.2) is 4.98 Å². The summed E-state index contributed by atoms with van der Waals surface area (Å²) in [5.41, 5.74) is 5.60. The molecule has 0 unspecified atom stereocenters. The first-order valence-corrected chi connectivity index (χ1v) is 4.31. The van der Waals surface area contributed by atoms with Crippen LogP contribution in [0.2, 0.25) is 0 Å². The number of likely N-dealkylation sites (N-methyl/N-ethyl adjacent to an activating group) is 1. The van der Waals surface area contributed by atoms with E-state index in [-0.39, 0.29) is 37.3 Å². The predicted molar refractivity (Wildman–Crippen MR) is 65.6 cm³/mol. The van der Waals surface area contributed by atoms with Gasteiger partial charge in [0.05, 0.1) is 0 Å². The van der Waals surface area contributed by atoms with Crippen LogP contribution >= 0.6 is 24.8 Å². The average molecular weight is 266 g/mol. The Morgan fingerprint density at radius 2 is 2.25 bits per heavy atom. The maximum atomic E-state index is 11.6. The molecule has 0 spiro atoms. The summed E-state index contributed by atoms with van der Waals surface area (Å²) in [6, 6.07) is 2.91. The lowest BCUT2D eigenvalue weighted by atomic mass is 10.3. The van der Waals surface area contributed by atoms with Crippen molar-refractivity contribution in [1.82, 2.24) is 4.98 Å². The van der Waals surface area contributed by atoms with Gasteiger partial charge in [0.25, 0.3) is 0 Å². The summed E-state index contributed by atoms with van der Waals surface area (Å²) in [6.07, 6.45) is 1.61. The molecule has 1 aromatic rings. The number of aromatic nitrogens is 1. The molecule has 1 aromatic heterocycles. The zero-order chi connectivity index (χ0) is 10.1. The van der Waals surface area contributed by atoms with Crippen LogP contribution in [-0.2, 0) is 4.79 Å². The van der Waals surface area contributed by atoms with E-state index in [0.717, 1.165) is 0 Å². The molecule has 1 aliphatic rings. The van der Waals surface area contributed by atoms with Crippen molar-refractivity contribution in [3.63, 3.8) is 0 Å². The van der Waals surface area contributed by atoms with Crippen molar-refractivity contribution >= 4 is 36.5 Å². The van der Waals surface area contributed by atoms with Gasteiger partial charge in [0.15, 0.2) is 11.6 Å². The predicted octanol–water partition coefficient (Wildman–Crippen LogP) is 0.608. The number of fused-ring (bicyclic) bond motifs is 1. The van der Waals surface area contributed by atoms with E-state index in [1.54, 1.807) is 25.4 Å². The standard InChI is InChI=1S/C9H11N3O2.2ClH/c1-12-8-7(3-2-4-11-8)14-5-6(10)9(12)13;;/h2-4,6H,5,10H2,1H3;2*1H/t6-;;/m0../s1. The molecule has 1 aliphatic heterocycles. The Morgan fingerprint density at radius 3 is 2.94 bits per heavy atom. The molecule has 2 N–H and O–H groups in total. The molecule has 0 bridgehead atoms. The Bertz CT molecular complexity index is 376. The fourth-order valence-corrected chi connectivity index (χ4v) is 1.35. The van der Waals surface area contributed by atoms with Gasteiger partial charge < -0.3 is 10.5 Å². The molecule has 0 saturated heterocycles. The van der Waals surface area contributed by atoms with Gasteiger partial charge in [-0.15, -0.1) is 24.8 Å². The lowest BCUT2D eigenvalue weighted by Crippen LogP contribution is -2.43. The van der Waals surface area contributed by atoms with E-state index in [0.29, 0.717) is 11.6 Å². The van der Waals surface area contributed by atoms with Crippen LogP contribution in [0.1, 0.15) is 0 Å². The van der Waals surface area contributed by atoms with Crippen LogP contribution in [0.15, 0.2) is 18.3 Å². The number of hydrogen-bond donors (Lipinski definition) is 1. The van der Waals surface area contributed by atoms with Crippen LogP contribution < -0.4 is 15.4 Å². The van der Waals surface area contributed by atoms with Crippen molar-refractivity contribution in [2.24, 2.45) is 5.73 Å². The van der Waals surface area contributed by atoms with Crippen LogP contribution in [0, 0.1) is 0 Å². The summed E-state index contributed by atoms with van der Waals surface area (Å²) in [6.45, 7) is 0.196. The Morgan fingerprint density at radius 1 is 1.56 bits per heavy atom. The van der Waals surface area contributed by atoms with Gasteiger partial charge in [-0.2, -0.15) is 0 Å². The Balaban J connectivity index is 0.00000112. The molecule has 1 atom stereocenters. The summed E-state index contributed by atoms with van der Waals surface area (Å²) in [5.74, 6) is 0.934. The largest absolute Gasteiger partial charge is 0.488 e. The van der Waals surface area contributed by atoms with Crippen LogP contribution in [0.3, 0.4) is 0 Å². The quantitative estimate of drug-likeness (QED) is 0.747. The van der Waals surface area contributed by atoms with Gasteiger partial charge in [-0.05, 0) is 12.1 Å². The zero-order valence-electron chi connectivity index (χ0n) is 8.62. The maximum absolute atomic E-state index is 11.6. The molecule has 0 radical (unpaired) electrons. The first-order valence-electron chi connectivity index (χ1n) is 4.31. The second-order valence-electron chi connectivity index (χ2n) is 3.14. The number of nitrogens with two attached hydrogens (primary N) is 1. The van der Waals surface area contributed by atoms with Crippen LogP contribution in [-0.4, -0.2) is 30.6 Å². The Hall–Kier alpha value is -1.04. The van der Waals surface area contributed by atoms with Gasteiger partial charge in [0.2, 0.25) is 5.91 Å². The molecular weight excluding hydrogens is 253 g/mol. The molecule has 7 heteroatoms. The summed E-state index contributed by atoms with van der Waals surface area (Å²) in [7, 11) is 1.64. The fraction of sp³-hybridized carbons (Fsp3) is 0.333. The number of hydrogen-bond acceptors (Lipinski definition) is 4. The lowest BCUT2D eigenvalue weighted by molar-refractivity contribution is -0.119. The number of carbonyl (C=O) groups excluding carboxylic acids is 1. The highest BCUT2D eigenvalue weighted by Crippen LogP contribution is 2.26. The monoisotopic (exact) mass is 265 g/mol. The smallest absolute Gasteiger partial charge is 0.248 e. The first-order chi connectivity index (χ1) is 6.70. The van der Waals surface area contributed by atoms with E-state index in [1.807, 2.05) is 0 Å². The number of amides is 1. The molecule has 0 fully saturated rings. The molecule has 1 amide bonds. The summed E-state index contributed by atoms with van der Waals surface area (Å²) in [5, 5.41) is 0. The van der Waals surface area contributed by atoms with Crippen molar-refractivity contribution in [1.29, 1.82) is 0 Å². The van der Waals surface area contributed by atoms with Crippen molar-refractivity contribution in [2.75, 3.05) is 18.6 Å². The highest BCUT2D eigenvalue weighted by molar-refractivity contribution is 5.97. The molecule has 0 saturated carbocycles. The van der Waals surface area contributed by atoms with Crippen LogP contribution in [0.4, 0.5) is 5.82 Å².